The molecular formula is C48H33N3. The molecule has 3 nitrogen and oxygen atoms in total. The van der Waals surface area contributed by atoms with Crippen LogP contribution in [0.25, 0.3) is 83.2 Å². The van der Waals surface area contributed by atoms with E-state index in [2.05, 4.69) is 190 Å². The third-order valence-corrected chi connectivity index (χ3v) is 11.0. The van der Waals surface area contributed by atoms with Gasteiger partial charge in [-0.1, -0.05) is 97.1 Å². The highest BCUT2D eigenvalue weighted by Gasteiger charge is 2.23. The van der Waals surface area contributed by atoms with Crippen LogP contribution < -0.4 is 0 Å². The summed E-state index contributed by atoms with van der Waals surface area (Å²) in [7, 11) is 0. The van der Waals surface area contributed by atoms with E-state index in [1.807, 2.05) is 0 Å². The van der Waals surface area contributed by atoms with Crippen molar-refractivity contribution in [1.29, 1.82) is 0 Å². The Morgan fingerprint density at radius 3 is 1.45 bits per heavy atom. The molecule has 3 heteroatoms. The molecule has 10 aromatic rings. The highest BCUT2D eigenvalue weighted by molar-refractivity contribution is 6.12. The molecule has 0 radical (unpaired) electrons. The summed E-state index contributed by atoms with van der Waals surface area (Å²) in [5, 5.41) is 6.43. The smallest absolute Gasteiger partial charge is 0.0542 e. The fourth-order valence-corrected chi connectivity index (χ4v) is 8.73. The third-order valence-electron chi connectivity index (χ3n) is 11.0. The van der Waals surface area contributed by atoms with Crippen LogP contribution in [0.5, 0.6) is 0 Å². The largest absolute Gasteiger partial charge is 0.313 e. The van der Waals surface area contributed by atoms with Crippen LogP contribution >= 0.6 is 0 Å². The maximum Gasteiger partial charge on any atom is 0.0542 e. The standard InChI is InChI=1S/C48H33N3/c1-3-13-34(14-4-1)49-43-20-10-7-17-37(43)40-29-32(23-26-46(40)49)33-24-27-47-41(30-33)38-18-8-12-22-45(38)51(47)36-25-28-48-42(31-36)39-19-9-11-21-44(39)50(48)35-15-5-2-6-16-35/h1-23,25-26,28-31H,24,27H2. The highest BCUT2D eigenvalue weighted by Crippen LogP contribution is 2.42. The Morgan fingerprint density at radius 2 is 0.824 bits per heavy atom. The van der Waals surface area contributed by atoms with Crippen molar-refractivity contribution in [1.82, 2.24) is 13.7 Å². The summed E-state index contributed by atoms with van der Waals surface area (Å²) < 4.78 is 7.30. The van der Waals surface area contributed by atoms with Gasteiger partial charge in [-0.3, -0.25) is 0 Å². The molecule has 0 fully saturated rings. The molecule has 3 aromatic heterocycles. The zero-order valence-corrected chi connectivity index (χ0v) is 28.0. The number of allylic oxidation sites excluding steroid dienone is 1. The average molecular weight is 652 g/mol. The molecule has 7 aromatic carbocycles. The monoisotopic (exact) mass is 651 g/mol. The van der Waals surface area contributed by atoms with E-state index in [9.17, 15) is 0 Å². The molecule has 240 valence electrons. The van der Waals surface area contributed by atoms with Crippen LogP contribution in [-0.4, -0.2) is 13.7 Å². The first-order valence-electron chi connectivity index (χ1n) is 17.8. The maximum atomic E-state index is 2.52. The van der Waals surface area contributed by atoms with Gasteiger partial charge in [-0.05, 0) is 103 Å². The second kappa shape index (κ2) is 11.0. The number of aromatic nitrogens is 3. The molecule has 0 saturated heterocycles. The fourth-order valence-electron chi connectivity index (χ4n) is 8.73. The molecule has 51 heavy (non-hydrogen) atoms. The Kier molecular flexibility index (Phi) is 6.08. The summed E-state index contributed by atoms with van der Waals surface area (Å²) in [6, 6.07) is 62.0. The zero-order chi connectivity index (χ0) is 33.5. The van der Waals surface area contributed by atoms with E-state index in [1.165, 1.54) is 94.0 Å². The maximum absolute atomic E-state index is 2.52. The summed E-state index contributed by atoms with van der Waals surface area (Å²) in [6.07, 6.45) is 4.43. The van der Waals surface area contributed by atoms with Gasteiger partial charge in [0, 0.05) is 55.3 Å². The predicted octanol–water partition coefficient (Wildman–Crippen LogP) is 12.3. The van der Waals surface area contributed by atoms with Gasteiger partial charge >= 0.3 is 0 Å². The summed E-state index contributed by atoms with van der Waals surface area (Å²) in [4.78, 5) is 0. The van der Waals surface area contributed by atoms with Crippen LogP contribution in [0.1, 0.15) is 23.2 Å². The number of benzene rings is 7. The van der Waals surface area contributed by atoms with Gasteiger partial charge < -0.3 is 13.7 Å². The van der Waals surface area contributed by atoms with E-state index in [1.54, 1.807) is 0 Å². The number of fused-ring (bicyclic) bond motifs is 9. The van der Waals surface area contributed by atoms with Gasteiger partial charge in [0.25, 0.3) is 0 Å². The summed E-state index contributed by atoms with van der Waals surface area (Å²) in [6.45, 7) is 0. The van der Waals surface area contributed by atoms with Crippen LogP contribution in [0.4, 0.5) is 0 Å². The summed E-state index contributed by atoms with van der Waals surface area (Å²) >= 11 is 0. The average Bonchev–Trinajstić information content (AvgIpc) is 3.83. The van der Waals surface area contributed by atoms with Crippen molar-refractivity contribution in [2.45, 2.75) is 12.8 Å². The van der Waals surface area contributed by atoms with Crippen molar-refractivity contribution in [3.63, 3.8) is 0 Å². The van der Waals surface area contributed by atoms with Crippen LogP contribution in [0.2, 0.25) is 0 Å². The van der Waals surface area contributed by atoms with E-state index < -0.39 is 0 Å². The Bertz CT molecular complexity index is 3010. The fraction of sp³-hybridized carbons (Fsp3) is 0.0417. The van der Waals surface area contributed by atoms with Crippen LogP contribution in [0.15, 0.2) is 170 Å². The van der Waals surface area contributed by atoms with Crippen LogP contribution in [0, 0.1) is 0 Å². The van der Waals surface area contributed by atoms with Gasteiger partial charge in [-0.2, -0.15) is 0 Å². The number of hydrogen-bond acceptors (Lipinski definition) is 0. The molecule has 11 rings (SSSR count). The summed E-state index contributed by atoms with van der Waals surface area (Å²) in [5.74, 6) is 0. The molecule has 3 heterocycles. The number of para-hydroxylation sites is 5. The quantitative estimate of drug-likeness (QED) is 0.180. The summed E-state index contributed by atoms with van der Waals surface area (Å²) in [5.41, 5.74) is 15.2. The molecule has 0 spiro atoms. The number of nitrogens with zero attached hydrogens (tertiary/aromatic N) is 3. The minimum absolute atomic E-state index is 0.976. The third kappa shape index (κ3) is 4.18. The van der Waals surface area contributed by atoms with Crippen molar-refractivity contribution in [2.24, 2.45) is 0 Å². The van der Waals surface area contributed by atoms with E-state index in [0.717, 1.165) is 12.8 Å². The molecule has 0 aliphatic heterocycles. The van der Waals surface area contributed by atoms with E-state index in [0.29, 0.717) is 0 Å². The molecule has 0 unspecified atom stereocenters. The van der Waals surface area contributed by atoms with Crippen LogP contribution in [0.3, 0.4) is 0 Å². The lowest BCUT2D eigenvalue weighted by atomic mass is 9.90. The van der Waals surface area contributed by atoms with Crippen molar-refractivity contribution in [2.75, 3.05) is 0 Å². The second-order valence-electron chi connectivity index (χ2n) is 13.7. The molecule has 0 N–H and O–H groups in total. The topological polar surface area (TPSA) is 14.8 Å². The van der Waals surface area contributed by atoms with Gasteiger partial charge in [0.05, 0.1) is 27.6 Å². The molecule has 1 aliphatic rings. The second-order valence-corrected chi connectivity index (χ2v) is 13.7. The van der Waals surface area contributed by atoms with Crippen molar-refractivity contribution in [3.8, 4) is 17.1 Å². The van der Waals surface area contributed by atoms with Crippen molar-refractivity contribution in [3.05, 3.63) is 187 Å². The molecule has 0 saturated carbocycles. The zero-order valence-electron chi connectivity index (χ0n) is 28.0. The highest BCUT2D eigenvalue weighted by atomic mass is 15.0. The Balaban J connectivity index is 1.08. The van der Waals surface area contributed by atoms with Gasteiger partial charge in [0.2, 0.25) is 0 Å². The predicted molar refractivity (Wildman–Crippen MR) is 215 cm³/mol. The Morgan fingerprint density at radius 1 is 0.333 bits per heavy atom. The van der Waals surface area contributed by atoms with Gasteiger partial charge in [-0.15, -0.1) is 0 Å². The van der Waals surface area contributed by atoms with E-state index >= 15 is 0 Å². The lowest BCUT2D eigenvalue weighted by molar-refractivity contribution is 0.899. The first-order chi connectivity index (χ1) is 25.3. The lowest BCUT2D eigenvalue weighted by Gasteiger charge is -2.18. The van der Waals surface area contributed by atoms with Gasteiger partial charge in [-0.25, -0.2) is 0 Å². The number of rotatable bonds is 4. The van der Waals surface area contributed by atoms with Gasteiger partial charge in [0.1, 0.15) is 0 Å². The normalized spacial score (nSPS) is 13.1. The van der Waals surface area contributed by atoms with Gasteiger partial charge in [0.15, 0.2) is 0 Å². The van der Waals surface area contributed by atoms with Crippen molar-refractivity contribution >= 4 is 66.2 Å². The molecule has 0 atom stereocenters. The molecule has 0 amide bonds. The molecule has 1 aliphatic carbocycles. The van der Waals surface area contributed by atoms with Crippen molar-refractivity contribution < 1.29 is 0 Å². The van der Waals surface area contributed by atoms with E-state index in [-0.39, 0.29) is 0 Å². The Labute approximate surface area is 295 Å². The first kappa shape index (κ1) is 28.3. The SMILES string of the molecule is C1=C(c2ccc3c(c2)c2ccccc2n3-c2ccccc2)CCc2c1c1ccccc1n2-c1ccc2c(c1)c1ccccc1n2-c1ccccc1. The lowest BCUT2D eigenvalue weighted by Crippen LogP contribution is -2.05. The number of hydrogen-bond donors (Lipinski definition) is 0. The Hall–Kier alpha value is -6.58. The molecule has 0 bridgehead atoms. The minimum Gasteiger partial charge on any atom is -0.313 e. The van der Waals surface area contributed by atoms with Crippen LogP contribution in [-0.2, 0) is 6.42 Å². The van der Waals surface area contributed by atoms with E-state index in [4.69, 9.17) is 0 Å². The molecular weight excluding hydrogens is 619 g/mol. The first-order valence-corrected chi connectivity index (χ1v) is 17.8. The minimum atomic E-state index is 0.976.